The lowest BCUT2D eigenvalue weighted by molar-refractivity contribution is 0.862. The van der Waals surface area contributed by atoms with Gasteiger partial charge in [0.05, 0.1) is 0 Å². The summed E-state index contributed by atoms with van der Waals surface area (Å²) in [6, 6.07) is 1.82. The molecular formula is C5H2N6S. The second-order valence-electron chi connectivity index (χ2n) is 1.85. The minimum atomic E-state index is 0.130. The summed E-state index contributed by atoms with van der Waals surface area (Å²) in [5, 5.41) is 12.9. The monoisotopic (exact) mass is 178 g/mol. The summed E-state index contributed by atoms with van der Waals surface area (Å²) in [5.74, 6) is 0.130. The molecular weight excluding hydrogens is 176 g/mol. The summed E-state index contributed by atoms with van der Waals surface area (Å²) in [4.78, 5) is 7.61. The second-order valence-corrected chi connectivity index (χ2v) is 2.61. The summed E-state index contributed by atoms with van der Waals surface area (Å²) < 4.78 is 5.21. The van der Waals surface area contributed by atoms with E-state index in [-0.39, 0.29) is 5.82 Å². The van der Waals surface area contributed by atoms with Crippen molar-refractivity contribution in [3.05, 3.63) is 18.5 Å². The molecule has 0 aromatic carbocycles. The van der Waals surface area contributed by atoms with Gasteiger partial charge in [-0.3, -0.25) is 0 Å². The van der Waals surface area contributed by atoms with Crippen molar-refractivity contribution in [1.29, 1.82) is 5.26 Å². The summed E-state index contributed by atoms with van der Waals surface area (Å²) in [6.07, 6.45) is 2.85. The molecule has 2 aromatic rings. The van der Waals surface area contributed by atoms with Crippen LogP contribution in [0.4, 0.5) is 0 Å². The van der Waals surface area contributed by atoms with E-state index in [1.54, 1.807) is 0 Å². The highest BCUT2D eigenvalue weighted by Crippen LogP contribution is 2.04. The molecule has 0 N–H and O–H groups in total. The van der Waals surface area contributed by atoms with Crippen molar-refractivity contribution < 1.29 is 0 Å². The molecule has 2 aromatic heterocycles. The van der Waals surface area contributed by atoms with Gasteiger partial charge in [-0.15, -0.1) is 5.10 Å². The van der Waals surface area contributed by atoms with E-state index in [0.29, 0.717) is 5.13 Å². The van der Waals surface area contributed by atoms with Gasteiger partial charge in [0.1, 0.15) is 18.7 Å². The molecule has 0 saturated heterocycles. The maximum atomic E-state index is 8.43. The Labute approximate surface area is 71.3 Å². The molecule has 0 fully saturated rings. The van der Waals surface area contributed by atoms with E-state index in [9.17, 15) is 0 Å². The van der Waals surface area contributed by atoms with Crippen LogP contribution in [0, 0.1) is 11.3 Å². The van der Waals surface area contributed by atoms with Crippen LogP contribution in [-0.2, 0) is 0 Å². The average molecular weight is 178 g/mol. The molecule has 0 atom stereocenters. The summed E-state index contributed by atoms with van der Waals surface area (Å²) >= 11 is 1.19. The van der Waals surface area contributed by atoms with Crippen LogP contribution < -0.4 is 0 Å². The topological polar surface area (TPSA) is 80.3 Å². The van der Waals surface area contributed by atoms with Gasteiger partial charge in [0.2, 0.25) is 5.13 Å². The molecule has 7 heteroatoms. The Morgan fingerprint density at radius 1 is 1.50 bits per heavy atom. The quantitative estimate of drug-likeness (QED) is 0.613. The van der Waals surface area contributed by atoms with E-state index in [0.717, 1.165) is 0 Å². The van der Waals surface area contributed by atoms with Crippen molar-refractivity contribution in [2.75, 3.05) is 0 Å². The van der Waals surface area contributed by atoms with Crippen LogP contribution in [0.15, 0.2) is 12.7 Å². The first-order valence-corrected chi connectivity index (χ1v) is 3.76. The molecule has 58 valence electrons. The molecule has 0 aliphatic carbocycles. The van der Waals surface area contributed by atoms with Gasteiger partial charge >= 0.3 is 0 Å². The number of hydrogen-bond donors (Lipinski definition) is 0. The second kappa shape index (κ2) is 2.67. The van der Waals surface area contributed by atoms with Crippen LogP contribution in [0.3, 0.4) is 0 Å². The standard InChI is InChI=1S/C5H2N6S/c6-1-4-8-3-11(10-4)5-7-2-9-12-5/h2-3H. The Hall–Kier alpha value is -1.81. The predicted octanol–water partition coefficient (Wildman–Crippen LogP) is -0.00952. The van der Waals surface area contributed by atoms with E-state index in [2.05, 4.69) is 19.4 Å². The molecule has 0 amide bonds. The van der Waals surface area contributed by atoms with Gasteiger partial charge in [0, 0.05) is 11.5 Å². The van der Waals surface area contributed by atoms with Crippen LogP contribution in [0.25, 0.3) is 5.13 Å². The highest BCUT2D eigenvalue weighted by atomic mass is 32.1. The molecule has 6 nitrogen and oxygen atoms in total. The molecule has 0 saturated carbocycles. The van der Waals surface area contributed by atoms with Crippen LogP contribution in [0.1, 0.15) is 5.82 Å². The maximum Gasteiger partial charge on any atom is 0.252 e. The van der Waals surface area contributed by atoms with Gasteiger partial charge in [-0.05, 0) is 0 Å². The maximum absolute atomic E-state index is 8.43. The number of nitriles is 1. The Bertz CT molecular complexity index is 409. The average Bonchev–Trinajstić information content (AvgIpc) is 2.75. The zero-order valence-corrected chi connectivity index (χ0v) is 6.56. The summed E-state index contributed by atoms with van der Waals surface area (Å²) in [6.45, 7) is 0. The van der Waals surface area contributed by atoms with Crippen LogP contribution in [-0.4, -0.2) is 24.1 Å². The van der Waals surface area contributed by atoms with Crippen LogP contribution in [0.5, 0.6) is 0 Å². The third-order valence-electron chi connectivity index (χ3n) is 1.14. The fourth-order valence-corrected chi connectivity index (χ4v) is 1.13. The van der Waals surface area contributed by atoms with Gasteiger partial charge in [-0.1, -0.05) is 0 Å². The number of rotatable bonds is 1. The third-order valence-corrected chi connectivity index (χ3v) is 1.79. The van der Waals surface area contributed by atoms with E-state index in [1.165, 1.54) is 28.9 Å². The first-order chi connectivity index (χ1) is 5.90. The minimum absolute atomic E-state index is 0.130. The Morgan fingerprint density at radius 2 is 2.42 bits per heavy atom. The number of nitrogens with zero attached hydrogens (tertiary/aromatic N) is 6. The third kappa shape index (κ3) is 1.04. The molecule has 0 spiro atoms. The van der Waals surface area contributed by atoms with E-state index in [4.69, 9.17) is 5.26 Å². The van der Waals surface area contributed by atoms with E-state index < -0.39 is 0 Å². The summed E-state index contributed by atoms with van der Waals surface area (Å²) in [5.41, 5.74) is 0. The van der Waals surface area contributed by atoms with Crippen molar-refractivity contribution in [3.8, 4) is 11.2 Å². The first kappa shape index (κ1) is 6.87. The number of hydrogen-bond acceptors (Lipinski definition) is 6. The normalized spacial score (nSPS) is 9.58. The Balaban J connectivity index is 2.44. The predicted molar refractivity (Wildman–Crippen MR) is 39.5 cm³/mol. The highest BCUT2D eigenvalue weighted by Gasteiger charge is 2.03. The SMILES string of the molecule is N#Cc1ncn(-c2ncns2)n1. The zero-order chi connectivity index (χ0) is 8.39. The fraction of sp³-hybridized carbons (Fsp3) is 0. The molecule has 12 heavy (non-hydrogen) atoms. The fourth-order valence-electron chi connectivity index (χ4n) is 0.675. The lowest BCUT2D eigenvalue weighted by Crippen LogP contribution is -1.93. The van der Waals surface area contributed by atoms with Gasteiger partial charge in [0.25, 0.3) is 5.82 Å². The lowest BCUT2D eigenvalue weighted by Gasteiger charge is -1.86. The molecule has 0 unspecified atom stereocenters. The largest absolute Gasteiger partial charge is 0.252 e. The van der Waals surface area contributed by atoms with Crippen molar-refractivity contribution >= 4 is 11.5 Å². The minimum Gasteiger partial charge on any atom is -0.206 e. The van der Waals surface area contributed by atoms with Gasteiger partial charge in [0.15, 0.2) is 0 Å². The van der Waals surface area contributed by atoms with Gasteiger partial charge < -0.3 is 0 Å². The van der Waals surface area contributed by atoms with Gasteiger partial charge in [-0.25, -0.2) is 9.97 Å². The lowest BCUT2D eigenvalue weighted by atomic mass is 10.7. The van der Waals surface area contributed by atoms with Crippen molar-refractivity contribution in [1.82, 2.24) is 24.1 Å². The zero-order valence-electron chi connectivity index (χ0n) is 5.75. The summed E-state index contributed by atoms with van der Waals surface area (Å²) in [7, 11) is 0. The molecule has 2 rings (SSSR count). The smallest absolute Gasteiger partial charge is 0.206 e. The number of aromatic nitrogens is 5. The van der Waals surface area contributed by atoms with E-state index >= 15 is 0 Å². The van der Waals surface area contributed by atoms with Gasteiger partial charge in [-0.2, -0.15) is 14.3 Å². The van der Waals surface area contributed by atoms with Crippen molar-refractivity contribution in [2.24, 2.45) is 0 Å². The van der Waals surface area contributed by atoms with Crippen LogP contribution in [0.2, 0.25) is 0 Å². The molecule has 2 heterocycles. The first-order valence-electron chi connectivity index (χ1n) is 2.99. The van der Waals surface area contributed by atoms with Crippen LogP contribution >= 0.6 is 11.5 Å². The molecule has 0 aliphatic heterocycles. The Morgan fingerprint density at radius 3 is 3.00 bits per heavy atom. The van der Waals surface area contributed by atoms with E-state index in [1.807, 2.05) is 6.07 Å². The molecule has 0 aliphatic rings. The molecule has 0 radical (unpaired) electrons. The highest BCUT2D eigenvalue weighted by molar-refractivity contribution is 7.07. The Kier molecular flexibility index (Phi) is 1.53. The molecule has 0 bridgehead atoms. The van der Waals surface area contributed by atoms with Crippen molar-refractivity contribution in [3.63, 3.8) is 0 Å². The van der Waals surface area contributed by atoms with Crippen molar-refractivity contribution in [2.45, 2.75) is 0 Å².